The Labute approximate surface area is 233 Å². The van der Waals surface area contributed by atoms with Crippen molar-refractivity contribution in [2.75, 3.05) is 0 Å². The lowest BCUT2D eigenvalue weighted by Gasteiger charge is -2.16. The molecule has 8 rings (SSSR count). The van der Waals surface area contributed by atoms with Crippen LogP contribution in [0.2, 0.25) is 0 Å². The van der Waals surface area contributed by atoms with Crippen LogP contribution in [0.1, 0.15) is 0 Å². The molecule has 0 radical (unpaired) electrons. The standard InChI is InChI=1S/C40H26/c1-3-10-31-24-33(22-18-27(31)8-1)29-16-20-30(21-17-29)39-26-34-12-5-6-13-36(34)40-37(14-7-15-38(39)40)35-23-19-28-9-2-4-11-32(28)25-35/h1-26H. The third-order valence-electron chi connectivity index (χ3n) is 8.22. The van der Waals surface area contributed by atoms with Crippen molar-refractivity contribution in [1.82, 2.24) is 0 Å². The van der Waals surface area contributed by atoms with Gasteiger partial charge in [0.25, 0.3) is 0 Å². The van der Waals surface area contributed by atoms with Gasteiger partial charge in [0, 0.05) is 0 Å². The predicted molar refractivity (Wildman–Crippen MR) is 173 cm³/mol. The molecule has 0 aromatic heterocycles. The van der Waals surface area contributed by atoms with Crippen molar-refractivity contribution in [2.45, 2.75) is 0 Å². The molecule has 8 aromatic rings. The molecule has 0 spiro atoms. The normalized spacial score (nSPS) is 11.5. The Bertz CT molecular complexity index is 2200. The molecule has 40 heavy (non-hydrogen) atoms. The predicted octanol–water partition coefficient (Wildman–Crippen LogP) is 11.3. The average molecular weight is 507 g/mol. The van der Waals surface area contributed by atoms with Crippen LogP contribution in [0.25, 0.3) is 76.5 Å². The zero-order valence-electron chi connectivity index (χ0n) is 22.0. The van der Waals surface area contributed by atoms with E-state index in [1.165, 1.54) is 76.5 Å². The van der Waals surface area contributed by atoms with Crippen LogP contribution in [-0.2, 0) is 0 Å². The zero-order chi connectivity index (χ0) is 26.5. The van der Waals surface area contributed by atoms with E-state index in [4.69, 9.17) is 0 Å². The van der Waals surface area contributed by atoms with Crippen molar-refractivity contribution in [3.05, 3.63) is 158 Å². The highest BCUT2D eigenvalue weighted by atomic mass is 14.2. The minimum atomic E-state index is 1.23. The van der Waals surface area contributed by atoms with E-state index in [2.05, 4.69) is 158 Å². The number of fused-ring (bicyclic) bond motifs is 5. The molecule has 0 saturated carbocycles. The summed E-state index contributed by atoms with van der Waals surface area (Å²) in [5, 5.41) is 10.2. The van der Waals surface area contributed by atoms with E-state index < -0.39 is 0 Å². The molecule has 186 valence electrons. The van der Waals surface area contributed by atoms with Crippen molar-refractivity contribution < 1.29 is 0 Å². The molecule has 0 aliphatic rings. The Morgan fingerprint density at radius 1 is 0.250 bits per heavy atom. The molecule has 0 aliphatic heterocycles. The van der Waals surface area contributed by atoms with Crippen molar-refractivity contribution in [3.63, 3.8) is 0 Å². The van der Waals surface area contributed by atoms with E-state index >= 15 is 0 Å². The van der Waals surface area contributed by atoms with E-state index in [1.807, 2.05) is 0 Å². The van der Waals surface area contributed by atoms with Crippen LogP contribution in [-0.4, -0.2) is 0 Å². The minimum Gasteiger partial charge on any atom is -0.0616 e. The summed E-state index contributed by atoms with van der Waals surface area (Å²) in [5.41, 5.74) is 7.49. The van der Waals surface area contributed by atoms with E-state index in [-0.39, 0.29) is 0 Å². The zero-order valence-corrected chi connectivity index (χ0v) is 22.0. The fourth-order valence-electron chi connectivity index (χ4n) is 6.20. The smallest absolute Gasteiger partial charge is 0.00206 e. The summed E-state index contributed by atoms with van der Waals surface area (Å²) in [7, 11) is 0. The lowest BCUT2D eigenvalue weighted by atomic mass is 9.88. The highest BCUT2D eigenvalue weighted by molar-refractivity contribution is 6.19. The fraction of sp³-hybridized carbons (Fsp3) is 0. The Hall–Kier alpha value is -5.20. The maximum atomic E-state index is 2.35. The van der Waals surface area contributed by atoms with Gasteiger partial charge in [-0.15, -0.1) is 0 Å². The van der Waals surface area contributed by atoms with Crippen molar-refractivity contribution in [3.8, 4) is 33.4 Å². The van der Waals surface area contributed by atoms with Gasteiger partial charge in [-0.25, -0.2) is 0 Å². The van der Waals surface area contributed by atoms with Crippen LogP contribution in [0.3, 0.4) is 0 Å². The summed E-state index contributed by atoms with van der Waals surface area (Å²) in [5.74, 6) is 0. The van der Waals surface area contributed by atoms with Crippen molar-refractivity contribution >= 4 is 43.1 Å². The second-order valence-electron chi connectivity index (χ2n) is 10.6. The van der Waals surface area contributed by atoms with Gasteiger partial charge in [0.15, 0.2) is 0 Å². The minimum absolute atomic E-state index is 1.23. The number of benzene rings is 8. The molecule has 0 fully saturated rings. The molecule has 0 aliphatic carbocycles. The summed E-state index contributed by atoms with van der Waals surface area (Å²) < 4.78 is 0. The molecule has 8 aromatic carbocycles. The van der Waals surface area contributed by atoms with E-state index in [1.54, 1.807) is 0 Å². The number of hydrogen-bond acceptors (Lipinski definition) is 0. The summed E-state index contributed by atoms with van der Waals surface area (Å²) in [4.78, 5) is 0. The van der Waals surface area contributed by atoms with Gasteiger partial charge in [0.2, 0.25) is 0 Å². The maximum Gasteiger partial charge on any atom is -0.00206 e. The number of hydrogen-bond donors (Lipinski definition) is 0. The molecule has 0 N–H and O–H groups in total. The van der Waals surface area contributed by atoms with Crippen molar-refractivity contribution in [1.29, 1.82) is 0 Å². The van der Waals surface area contributed by atoms with Gasteiger partial charge >= 0.3 is 0 Å². The number of rotatable bonds is 3. The molecule has 0 atom stereocenters. The van der Waals surface area contributed by atoms with Gasteiger partial charge in [-0.3, -0.25) is 0 Å². The second-order valence-corrected chi connectivity index (χ2v) is 10.6. The van der Waals surface area contributed by atoms with Crippen LogP contribution in [0, 0.1) is 0 Å². The highest BCUT2D eigenvalue weighted by Gasteiger charge is 2.14. The van der Waals surface area contributed by atoms with Crippen LogP contribution in [0.15, 0.2) is 158 Å². The van der Waals surface area contributed by atoms with Crippen molar-refractivity contribution in [2.24, 2.45) is 0 Å². The lowest BCUT2D eigenvalue weighted by Crippen LogP contribution is -1.89. The first-order valence-corrected chi connectivity index (χ1v) is 13.9. The maximum absolute atomic E-state index is 2.35. The van der Waals surface area contributed by atoms with E-state index in [0.717, 1.165) is 0 Å². The Balaban J connectivity index is 1.31. The molecule has 0 nitrogen and oxygen atoms in total. The average Bonchev–Trinajstić information content (AvgIpc) is 3.03. The second kappa shape index (κ2) is 9.22. The van der Waals surface area contributed by atoms with E-state index in [9.17, 15) is 0 Å². The van der Waals surface area contributed by atoms with Gasteiger partial charge in [0.05, 0.1) is 0 Å². The molecule has 0 amide bonds. The summed E-state index contributed by atoms with van der Waals surface area (Å²) >= 11 is 0. The first-order valence-electron chi connectivity index (χ1n) is 13.9. The first-order chi connectivity index (χ1) is 19.8. The van der Waals surface area contributed by atoms with E-state index in [0.29, 0.717) is 0 Å². The van der Waals surface area contributed by atoms with Crippen LogP contribution in [0.5, 0.6) is 0 Å². The summed E-state index contributed by atoms with van der Waals surface area (Å²) in [6, 6.07) is 57.6. The monoisotopic (exact) mass is 506 g/mol. The summed E-state index contributed by atoms with van der Waals surface area (Å²) in [6.07, 6.45) is 0. The molecule has 0 heteroatoms. The first kappa shape index (κ1) is 22.8. The molecule has 0 unspecified atom stereocenters. The van der Waals surface area contributed by atoms with Gasteiger partial charge in [-0.1, -0.05) is 140 Å². The molecule has 0 bridgehead atoms. The molecular weight excluding hydrogens is 480 g/mol. The Kier molecular flexibility index (Phi) is 5.24. The quantitative estimate of drug-likeness (QED) is 0.209. The lowest BCUT2D eigenvalue weighted by molar-refractivity contribution is 1.62. The third kappa shape index (κ3) is 3.77. The fourth-order valence-corrected chi connectivity index (χ4v) is 6.20. The van der Waals surface area contributed by atoms with Crippen LogP contribution >= 0.6 is 0 Å². The van der Waals surface area contributed by atoms with Gasteiger partial charge in [0.1, 0.15) is 0 Å². The van der Waals surface area contributed by atoms with Crippen LogP contribution in [0.4, 0.5) is 0 Å². The largest absolute Gasteiger partial charge is 0.0616 e. The van der Waals surface area contributed by atoms with Gasteiger partial charge in [-0.05, 0) is 94.7 Å². The van der Waals surface area contributed by atoms with Crippen LogP contribution < -0.4 is 0 Å². The topological polar surface area (TPSA) is 0 Å². The summed E-state index contributed by atoms with van der Waals surface area (Å²) in [6.45, 7) is 0. The Morgan fingerprint density at radius 3 is 1.50 bits per heavy atom. The van der Waals surface area contributed by atoms with Gasteiger partial charge < -0.3 is 0 Å². The molecule has 0 heterocycles. The third-order valence-corrected chi connectivity index (χ3v) is 8.22. The van der Waals surface area contributed by atoms with Gasteiger partial charge in [-0.2, -0.15) is 0 Å². The molecule has 0 saturated heterocycles. The SMILES string of the molecule is c1ccc2cc(-c3ccc(-c4cc5ccccc5c5c(-c6ccc7ccccc7c6)cccc45)cc3)ccc2c1. The highest BCUT2D eigenvalue weighted by Crippen LogP contribution is 2.41. The molecular formula is C40H26. The Morgan fingerprint density at radius 2 is 0.775 bits per heavy atom.